The van der Waals surface area contributed by atoms with Gasteiger partial charge in [0.2, 0.25) is 0 Å². The quantitative estimate of drug-likeness (QED) is 0.205. The Labute approximate surface area is 249 Å². The van der Waals surface area contributed by atoms with E-state index >= 15 is 0 Å². The summed E-state index contributed by atoms with van der Waals surface area (Å²) in [5.74, 6) is 0. The molecule has 0 unspecified atom stereocenters. The first kappa shape index (κ1) is 25.3. The maximum atomic E-state index is 2.44. The fraction of sp³-hybridized carbons (Fsp3) is 0.190. The maximum absolute atomic E-state index is 2.44. The molecule has 0 saturated heterocycles. The van der Waals surface area contributed by atoms with E-state index in [4.69, 9.17) is 0 Å². The molecular weight excluding hydrogens is 504 g/mol. The lowest BCUT2D eigenvalue weighted by molar-refractivity contribution is 0.633. The van der Waals surface area contributed by atoms with Gasteiger partial charge in [-0.1, -0.05) is 136 Å². The second kappa shape index (κ2) is 8.55. The average Bonchev–Trinajstić information content (AvgIpc) is 2.98. The molecular formula is C42H36. The zero-order valence-electron chi connectivity index (χ0n) is 25.4. The summed E-state index contributed by atoms with van der Waals surface area (Å²) in [6.07, 6.45) is 0. The van der Waals surface area contributed by atoms with Gasteiger partial charge in [0.05, 0.1) is 0 Å². The first-order chi connectivity index (χ1) is 20.1. The third kappa shape index (κ3) is 3.42. The monoisotopic (exact) mass is 540 g/mol. The summed E-state index contributed by atoms with van der Waals surface area (Å²) in [6.45, 7) is 14.0. The van der Waals surface area contributed by atoms with Crippen LogP contribution in [0.3, 0.4) is 0 Å². The first-order valence-corrected chi connectivity index (χ1v) is 15.2. The lowest BCUT2D eigenvalue weighted by Crippen LogP contribution is -2.28. The molecule has 2 aliphatic rings. The summed E-state index contributed by atoms with van der Waals surface area (Å²) >= 11 is 0. The number of aryl methyl sites for hydroxylation is 2. The van der Waals surface area contributed by atoms with Crippen LogP contribution < -0.4 is 0 Å². The zero-order chi connectivity index (χ0) is 29.0. The van der Waals surface area contributed by atoms with Crippen LogP contribution in [-0.2, 0) is 10.8 Å². The minimum atomic E-state index is -0.112. The van der Waals surface area contributed by atoms with Crippen molar-refractivity contribution in [3.63, 3.8) is 0 Å². The van der Waals surface area contributed by atoms with Crippen LogP contribution in [0.5, 0.6) is 0 Å². The summed E-state index contributed by atoms with van der Waals surface area (Å²) in [6, 6.07) is 41.6. The fourth-order valence-electron chi connectivity index (χ4n) is 7.88. The van der Waals surface area contributed by atoms with E-state index in [1.54, 1.807) is 0 Å². The molecule has 0 heteroatoms. The summed E-state index contributed by atoms with van der Waals surface area (Å²) < 4.78 is 0. The topological polar surface area (TPSA) is 0 Å². The molecule has 0 aromatic heterocycles. The van der Waals surface area contributed by atoms with E-state index in [1.165, 1.54) is 88.7 Å². The molecule has 8 rings (SSSR count). The van der Waals surface area contributed by atoms with Crippen LogP contribution in [0.2, 0.25) is 0 Å². The standard InChI is InChI=1S/C42H36/c1-25-9-7-11-27(21-25)29-13-15-31-33-17-18-34-32-16-14-30(28-12-8-10-26(2)22-28)24-38(32)42(5,6)36-20-19-35(39(33)40(34)36)41(3,4)37(31)23-29/h7-24H,1-6H3. The van der Waals surface area contributed by atoms with Gasteiger partial charge in [-0.15, -0.1) is 0 Å². The van der Waals surface area contributed by atoms with Crippen molar-refractivity contribution in [1.29, 1.82) is 0 Å². The molecule has 0 spiro atoms. The minimum Gasteiger partial charge on any atom is -0.0614 e. The van der Waals surface area contributed by atoms with Gasteiger partial charge in [0, 0.05) is 10.8 Å². The van der Waals surface area contributed by atoms with Crippen molar-refractivity contribution >= 4 is 10.8 Å². The average molecular weight is 541 g/mol. The van der Waals surface area contributed by atoms with E-state index in [0.717, 1.165) is 0 Å². The van der Waals surface area contributed by atoms with Crippen molar-refractivity contribution in [1.82, 2.24) is 0 Å². The molecule has 0 radical (unpaired) electrons. The van der Waals surface area contributed by atoms with Crippen LogP contribution in [0, 0.1) is 13.8 Å². The largest absolute Gasteiger partial charge is 0.0614 e. The van der Waals surface area contributed by atoms with Crippen molar-refractivity contribution < 1.29 is 0 Å². The second-order valence-corrected chi connectivity index (χ2v) is 13.6. The van der Waals surface area contributed by atoms with E-state index in [2.05, 4.69) is 151 Å². The highest BCUT2D eigenvalue weighted by Gasteiger charge is 2.39. The lowest BCUT2D eigenvalue weighted by atomic mass is 9.62. The van der Waals surface area contributed by atoms with Crippen LogP contribution >= 0.6 is 0 Å². The Morgan fingerprint density at radius 3 is 1.14 bits per heavy atom. The second-order valence-electron chi connectivity index (χ2n) is 13.6. The van der Waals surface area contributed by atoms with Gasteiger partial charge in [0.25, 0.3) is 0 Å². The van der Waals surface area contributed by atoms with Crippen molar-refractivity contribution in [2.75, 3.05) is 0 Å². The Morgan fingerprint density at radius 1 is 0.357 bits per heavy atom. The van der Waals surface area contributed by atoms with Gasteiger partial charge in [-0.05, 0) is 104 Å². The van der Waals surface area contributed by atoms with Crippen LogP contribution in [0.4, 0.5) is 0 Å². The van der Waals surface area contributed by atoms with Gasteiger partial charge >= 0.3 is 0 Å². The minimum absolute atomic E-state index is 0.112. The van der Waals surface area contributed by atoms with E-state index < -0.39 is 0 Å². The Bertz CT molecular complexity index is 1950. The number of rotatable bonds is 2. The van der Waals surface area contributed by atoms with Gasteiger partial charge in [-0.3, -0.25) is 0 Å². The van der Waals surface area contributed by atoms with Crippen LogP contribution in [0.15, 0.2) is 109 Å². The lowest BCUT2D eigenvalue weighted by Gasteiger charge is -2.40. The normalized spacial score (nSPS) is 15.3. The van der Waals surface area contributed by atoms with E-state index in [0.29, 0.717) is 0 Å². The summed E-state index contributed by atoms with van der Waals surface area (Å²) in [7, 11) is 0. The van der Waals surface area contributed by atoms with E-state index in [-0.39, 0.29) is 10.8 Å². The van der Waals surface area contributed by atoms with Crippen molar-refractivity contribution in [3.05, 3.63) is 143 Å². The number of benzene rings is 6. The Morgan fingerprint density at radius 2 is 0.738 bits per heavy atom. The maximum Gasteiger partial charge on any atom is 0.0159 e. The van der Waals surface area contributed by atoms with Gasteiger partial charge in [-0.25, -0.2) is 0 Å². The molecule has 0 atom stereocenters. The van der Waals surface area contributed by atoms with Crippen LogP contribution in [0.25, 0.3) is 55.3 Å². The van der Waals surface area contributed by atoms with Crippen molar-refractivity contribution in [2.45, 2.75) is 52.4 Å². The Kier molecular flexibility index (Phi) is 5.15. The van der Waals surface area contributed by atoms with Crippen molar-refractivity contribution in [2.24, 2.45) is 0 Å². The van der Waals surface area contributed by atoms with E-state index in [9.17, 15) is 0 Å². The third-order valence-electron chi connectivity index (χ3n) is 10.2. The molecule has 0 saturated carbocycles. The molecule has 0 amide bonds. The molecule has 6 aromatic rings. The van der Waals surface area contributed by atoms with Crippen LogP contribution in [-0.4, -0.2) is 0 Å². The van der Waals surface area contributed by atoms with Gasteiger partial charge in [0.1, 0.15) is 0 Å². The highest BCUT2D eigenvalue weighted by atomic mass is 14.4. The molecule has 2 aliphatic carbocycles. The predicted molar refractivity (Wildman–Crippen MR) is 179 cm³/mol. The molecule has 0 N–H and O–H groups in total. The number of hydrogen-bond acceptors (Lipinski definition) is 0. The molecule has 0 fully saturated rings. The fourth-order valence-corrected chi connectivity index (χ4v) is 7.88. The van der Waals surface area contributed by atoms with Gasteiger partial charge < -0.3 is 0 Å². The first-order valence-electron chi connectivity index (χ1n) is 15.2. The summed E-state index contributed by atoms with van der Waals surface area (Å²) in [4.78, 5) is 0. The molecule has 0 heterocycles. The predicted octanol–water partition coefficient (Wildman–Crippen LogP) is 11.4. The number of hydrogen-bond donors (Lipinski definition) is 0. The molecule has 42 heavy (non-hydrogen) atoms. The van der Waals surface area contributed by atoms with E-state index in [1.807, 2.05) is 0 Å². The molecule has 0 nitrogen and oxygen atoms in total. The summed E-state index contributed by atoms with van der Waals surface area (Å²) in [5.41, 5.74) is 18.7. The number of fused-ring (bicyclic) bond motifs is 4. The van der Waals surface area contributed by atoms with Crippen molar-refractivity contribution in [3.8, 4) is 44.5 Å². The highest BCUT2D eigenvalue weighted by Crippen LogP contribution is 2.56. The van der Waals surface area contributed by atoms with Gasteiger partial charge in [0.15, 0.2) is 0 Å². The van der Waals surface area contributed by atoms with Gasteiger partial charge in [-0.2, -0.15) is 0 Å². The molecule has 0 bridgehead atoms. The third-order valence-corrected chi connectivity index (χ3v) is 10.2. The smallest absolute Gasteiger partial charge is 0.0159 e. The zero-order valence-corrected chi connectivity index (χ0v) is 25.4. The van der Waals surface area contributed by atoms with Crippen LogP contribution in [0.1, 0.15) is 61.1 Å². The molecule has 0 aliphatic heterocycles. The Balaban J connectivity index is 1.37. The molecule has 6 aromatic carbocycles. The highest BCUT2D eigenvalue weighted by molar-refractivity contribution is 6.13. The Hall–Kier alpha value is -4.42. The molecule has 204 valence electrons. The SMILES string of the molecule is Cc1cccc(-c2ccc3c(c2)C(C)(C)c2ccc4c5c(ccc-3c25)-c2ccc(-c3cccc(C)c3)cc2C4(C)C)c1. The summed E-state index contributed by atoms with van der Waals surface area (Å²) in [5, 5.41) is 2.87.